The van der Waals surface area contributed by atoms with Crippen LogP contribution in [-0.2, 0) is 23.2 Å². The van der Waals surface area contributed by atoms with Crippen LogP contribution in [0.5, 0.6) is 5.75 Å². The fourth-order valence-electron chi connectivity index (χ4n) is 6.94. The minimum atomic E-state index is -0.212. The lowest BCUT2D eigenvalue weighted by Gasteiger charge is -2.45. The average molecular weight is 529 g/mol. The third-order valence-corrected chi connectivity index (χ3v) is 8.90. The first-order valence-corrected chi connectivity index (χ1v) is 14.3. The summed E-state index contributed by atoms with van der Waals surface area (Å²) in [5.41, 5.74) is 4.68. The predicted molar refractivity (Wildman–Crippen MR) is 161 cm³/mol. The number of hydrogen-bond acceptors (Lipinski definition) is 3. The molecule has 202 valence electrons. The molecule has 2 atom stereocenters. The number of carbonyl (C=O) groups excluding carboxylic acids is 1. The van der Waals surface area contributed by atoms with Crippen LogP contribution in [0.3, 0.4) is 0 Å². The van der Waals surface area contributed by atoms with Crippen LogP contribution in [0.4, 0.5) is 0 Å². The van der Waals surface area contributed by atoms with E-state index in [1.54, 1.807) is 7.11 Å². The standard InChI is InChI=1S/C36H36N2O2/c1-40-34-20-12-11-15-28(34)24-37-35(23-27-13-5-2-6-14-27)38-25-31-32(26-38)36(22-21-33(31)39,29-16-7-3-8-17-29)30-18-9-4-10-19-30/h2-20,31-32H,21-26H2,1H3. The van der Waals surface area contributed by atoms with Crippen LogP contribution < -0.4 is 4.74 Å². The maximum Gasteiger partial charge on any atom is 0.138 e. The Labute approximate surface area is 237 Å². The number of ketones is 1. The summed E-state index contributed by atoms with van der Waals surface area (Å²) in [6.07, 6.45) is 2.17. The molecule has 0 radical (unpaired) electrons. The van der Waals surface area contributed by atoms with Gasteiger partial charge in [-0.2, -0.15) is 0 Å². The molecule has 1 saturated carbocycles. The zero-order valence-electron chi connectivity index (χ0n) is 23.1. The Morgan fingerprint density at radius 1 is 0.825 bits per heavy atom. The maximum atomic E-state index is 13.5. The molecule has 2 fully saturated rings. The SMILES string of the molecule is COc1ccccc1CN=C(Cc1ccccc1)N1CC2C(=O)CCC(c3ccccc3)(c3ccccc3)C2C1. The molecule has 0 aromatic heterocycles. The van der Waals surface area contributed by atoms with Crippen molar-refractivity contribution in [3.8, 4) is 5.75 Å². The first kappa shape index (κ1) is 26.1. The number of para-hydroxylation sites is 1. The van der Waals surface area contributed by atoms with Gasteiger partial charge >= 0.3 is 0 Å². The number of amidine groups is 1. The molecule has 1 saturated heterocycles. The van der Waals surface area contributed by atoms with Crippen LogP contribution >= 0.6 is 0 Å². The van der Waals surface area contributed by atoms with Crippen LogP contribution in [0, 0.1) is 11.8 Å². The van der Waals surface area contributed by atoms with E-state index in [-0.39, 0.29) is 17.3 Å². The summed E-state index contributed by atoms with van der Waals surface area (Å²) < 4.78 is 5.61. The van der Waals surface area contributed by atoms with E-state index in [0.717, 1.165) is 36.5 Å². The summed E-state index contributed by atoms with van der Waals surface area (Å²) in [6, 6.07) is 40.3. The Balaban J connectivity index is 1.40. The zero-order valence-corrected chi connectivity index (χ0v) is 23.1. The topological polar surface area (TPSA) is 41.9 Å². The Morgan fingerprint density at radius 2 is 1.43 bits per heavy atom. The highest BCUT2D eigenvalue weighted by Crippen LogP contribution is 2.52. The van der Waals surface area contributed by atoms with Crippen LogP contribution in [0.15, 0.2) is 120 Å². The van der Waals surface area contributed by atoms with E-state index in [1.807, 2.05) is 24.3 Å². The van der Waals surface area contributed by atoms with Crippen molar-refractivity contribution in [2.45, 2.75) is 31.2 Å². The van der Waals surface area contributed by atoms with Gasteiger partial charge in [-0.05, 0) is 29.2 Å². The minimum Gasteiger partial charge on any atom is -0.496 e. The van der Waals surface area contributed by atoms with Gasteiger partial charge in [-0.3, -0.25) is 9.79 Å². The molecule has 4 aromatic rings. The molecule has 6 rings (SSSR count). The number of benzene rings is 4. The summed E-state index contributed by atoms with van der Waals surface area (Å²) >= 11 is 0. The predicted octanol–water partition coefficient (Wildman–Crippen LogP) is 6.73. The summed E-state index contributed by atoms with van der Waals surface area (Å²) in [5, 5.41) is 0. The van der Waals surface area contributed by atoms with E-state index >= 15 is 0 Å². The smallest absolute Gasteiger partial charge is 0.138 e. The van der Waals surface area contributed by atoms with Gasteiger partial charge in [0.05, 0.1) is 13.7 Å². The van der Waals surface area contributed by atoms with E-state index in [4.69, 9.17) is 9.73 Å². The third-order valence-electron chi connectivity index (χ3n) is 8.90. The molecule has 1 aliphatic heterocycles. The highest BCUT2D eigenvalue weighted by atomic mass is 16.5. The van der Waals surface area contributed by atoms with Gasteiger partial charge in [0.25, 0.3) is 0 Å². The number of ether oxygens (including phenoxy) is 1. The lowest BCUT2D eigenvalue weighted by atomic mass is 9.56. The molecule has 2 unspecified atom stereocenters. The molecule has 4 heteroatoms. The fraction of sp³-hybridized carbons (Fsp3) is 0.278. The number of rotatable bonds is 7. The molecule has 2 aliphatic rings. The van der Waals surface area contributed by atoms with Crippen molar-refractivity contribution >= 4 is 11.6 Å². The lowest BCUT2D eigenvalue weighted by Crippen LogP contribution is -2.47. The lowest BCUT2D eigenvalue weighted by molar-refractivity contribution is -0.126. The minimum absolute atomic E-state index is 0.0265. The number of hydrogen-bond donors (Lipinski definition) is 0. The van der Waals surface area contributed by atoms with Crippen molar-refractivity contribution in [3.05, 3.63) is 138 Å². The maximum absolute atomic E-state index is 13.5. The van der Waals surface area contributed by atoms with Crippen molar-refractivity contribution in [2.75, 3.05) is 20.2 Å². The van der Waals surface area contributed by atoms with Gasteiger partial charge in [0.15, 0.2) is 0 Å². The monoisotopic (exact) mass is 528 g/mol. The Bertz CT molecular complexity index is 1430. The van der Waals surface area contributed by atoms with Crippen molar-refractivity contribution < 1.29 is 9.53 Å². The van der Waals surface area contributed by atoms with E-state index in [1.165, 1.54) is 16.7 Å². The molecule has 0 N–H and O–H groups in total. The molecule has 1 aliphatic carbocycles. The third kappa shape index (κ3) is 4.95. The second-order valence-electron chi connectivity index (χ2n) is 11.0. The van der Waals surface area contributed by atoms with Gasteiger partial charge in [-0.1, -0.05) is 109 Å². The quantitative estimate of drug-likeness (QED) is 0.197. The normalized spacial score (nSPS) is 20.3. The second kappa shape index (κ2) is 11.5. The number of aliphatic imine (C=N–C) groups is 1. The highest BCUT2D eigenvalue weighted by molar-refractivity contribution is 5.88. The van der Waals surface area contributed by atoms with E-state index in [0.29, 0.717) is 25.3 Å². The number of Topliss-reactive ketones (excluding diaryl/α,β-unsaturated/α-hetero) is 1. The average Bonchev–Trinajstić information content (AvgIpc) is 3.48. The molecular weight excluding hydrogens is 492 g/mol. The van der Waals surface area contributed by atoms with Gasteiger partial charge in [0.2, 0.25) is 0 Å². The Morgan fingerprint density at radius 3 is 2.08 bits per heavy atom. The number of fused-ring (bicyclic) bond motifs is 1. The second-order valence-corrected chi connectivity index (χ2v) is 11.0. The van der Waals surface area contributed by atoms with Gasteiger partial charge < -0.3 is 9.64 Å². The summed E-state index contributed by atoms with van der Waals surface area (Å²) in [4.78, 5) is 21.1. The molecule has 40 heavy (non-hydrogen) atoms. The molecular formula is C36H36N2O2. The van der Waals surface area contributed by atoms with E-state index in [9.17, 15) is 4.79 Å². The van der Waals surface area contributed by atoms with Crippen molar-refractivity contribution in [3.63, 3.8) is 0 Å². The largest absolute Gasteiger partial charge is 0.496 e. The molecule has 4 aromatic carbocycles. The van der Waals surface area contributed by atoms with Gasteiger partial charge in [0.1, 0.15) is 17.4 Å². The first-order valence-electron chi connectivity index (χ1n) is 14.3. The van der Waals surface area contributed by atoms with Crippen molar-refractivity contribution in [1.29, 1.82) is 0 Å². The molecule has 0 bridgehead atoms. The van der Waals surface area contributed by atoms with Gasteiger partial charge in [0, 0.05) is 48.7 Å². The number of carbonyl (C=O) groups is 1. The van der Waals surface area contributed by atoms with Crippen LogP contribution in [0.25, 0.3) is 0 Å². The fourth-order valence-corrected chi connectivity index (χ4v) is 6.94. The van der Waals surface area contributed by atoms with E-state index in [2.05, 4.69) is 95.9 Å². The number of likely N-dealkylation sites (tertiary alicyclic amines) is 1. The molecule has 1 heterocycles. The summed E-state index contributed by atoms with van der Waals surface area (Å²) in [6.45, 7) is 2.05. The Hall–Kier alpha value is -4.18. The molecule has 4 nitrogen and oxygen atoms in total. The van der Waals surface area contributed by atoms with Gasteiger partial charge in [-0.15, -0.1) is 0 Å². The first-order chi connectivity index (χ1) is 19.7. The van der Waals surface area contributed by atoms with Crippen LogP contribution in [0.2, 0.25) is 0 Å². The van der Waals surface area contributed by atoms with Crippen LogP contribution in [0.1, 0.15) is 35.1 Å². The van der Waals surface area contributed by atoms with E-state index < -0.39 is 0 Å². The van der Waals surface area contributed by atoms with Gasteiger partial charge in [-0.25, -0.2) is 0 Å². The number of nitrogens with zero attached hydrogens (tertiary/aromatic N) is 2. The van der Waals surface area contributed by atoms with Crippen molar-refractivity contribution in [2.24, 2.45) is 16.8 Å². The van der Waals surface area contributed by atoms with Crippen molar-refractivity contribution in [1.82, 2.24) is 4.90 Å². The summed E-state index contributed by atoms with van der Waals surface area (Å²) in [7, 11) is 1.71. The summed E-state index contributed by atoms with van der Waals surface area (Å²) in [5.74, 6) is 2.42. The number of methoxy groups -OCH3 is 1. The molecule has 0 amide bonds. The molecule has 0 spiro atoms. The van der Waals surface area contributed by atoms with Crippen LogP contribution in [-0.4, -0.2) is 36.7 Å². The zero-order chi connectivity index (χ0) is 27.4. The highest BCUT2D eigenvalue weighted by Gasteiger charge is 2.54. The Kier molecular flexibility index (Phi) is 7.50.